The smallest absolute Gasteiger partial charge is 0.270 e. The van der Waals surface area contributed by atoms with Gasteiger partial charge in [0.1, 0.15) is 5.57 Å². The van der Waals surface area contributed by atoms with E-state index >= 15 is 0 Å². The van der Waals surface area contributed by atoms with Crippen molar-refractivity contribution in [3.63, 3.8) is 0 Å². The molecule has 0 saturated carbocycles. The molecule has 0 bridgehead atoms. The molecule has 150 valence electrons. The topological polar surface area (TPSA) is 67.9 Å². The number of hydrogen-bond acceptors (Lipinski definition) is 5. The SMILES string of the molecule is CCc1ccccc1N1C(=O)C(=Cc2cc(OC)c(OC)cc2C)C(=O)NC1=S. The molecule has 0 radical (unpaired) electrons. The van der Waals surface area contributed by atoms with Gasteiger partial charge in [-0.1, -0.05) is 25.1 Å². The highest BCUT2D eigenvalue weighted by atomic mass is 32.1. The summed E-state index contributed by atoms with van der Waals surface area (Å²) in [5, 5.41) is 2.70. The summed E-state index contributed by atoms with van der Waals surface area (Å²) in [5.41, 5.74) is 3.14. The lowest BCUT2D eigenvalue weighted by molar-refractivity contribution is -0.122. The molecule has 0 atom stereocenters. The fraction of sp³-hybridized carbons (Fsp3) is 0.227. The molecule has 2 aromatic rings. The average molecular weight is 410 g/mol. The number of anilines is 1. The monoisotopic (exact) mass is 410 g/mol. The quantitative estimate of drug-likeness (QED) is 0.465. The van der Waals surface area contributed by atoms with Gasteiger partial charge in [0.15, 0.2) is 16.6 Å². The summed E-state index contributed by atoms with van der Waals surface area (Å²) in [6.07, 6.45) is 2.28. The minimum Gasteiger partial charge on any atom is -0.493 e. The third kappa shape index (κ3) is 3.86. The number of nitrogens with zero attached hydrogens (tertiary/aromatic N) is 1. The number of carbonyl (C=O) groups is 2. The van der Waals surface area contributed by atoms with Crippen molar-refractivity contribution in [3.05, 3.63) is 58.7 Å². The highest BCUT2D eigenvalue weighted by molar-refractivity contribution is 7.80. The Kier molecular flexibility index (Phi) is 5.98. The van der Waals surface area contributed by atoms with Crippen LogP contribution in [0.5, 0.6) is 11.5 Å². The van der Waals surface area contributed by atoms with Crippen molar-refractivity contribution in [3.8, 4) is 11.5 Å². The van der Waals surface area contributed by atoms with Crippen LogP contribution in [0.2, 0.25) is 0 Å². The molecular formula is C22H22N2O4S. The van der Waals surface area contributed by atoms with E-state index < -0.39 is 11.8 Å². The predicted octanol–water partition coefficient (Wildman–Crippen LogP) is 3.41. The van der Waals surface area contributed by atoms with E-state index in [9.17, 15) is 9.59 Å². The number of ether oxygens (including phenoxy) is 2. The van der Waals surface area contributed by atoms with Crippen LogP contribution in [0.1, 0.15) is 23.6 Å². The summed E-state index contributed by atoms with van der Waals surface area (Å²) < 4.78 is 10.6. The van der Waals surface area contributed by atoms with Crippen molar-refractivity contribution < 1.29 is 19.1 Å². The minimum absolute atomic E-state index is 0.000161. The first-order chi connectivity index (χ1) is 13.9. The van der Waals surface area contributed by atoms with Crippen molar-refractivity contribution in [2.45, 2.75) is 20.3 Å². The first-order valence-corrected chi connectivity index (χ1v) is 9.54. The maximum atomic E-state index is 13.3. The van der Waals surface area contributed by atoms with E-state index in [4.69, 9.17) is 21.7 Å². The lowest BCUT2D eigenvalue weighted by atomic mass is 10.0. The van der Waals surface area contributed by atoms with Gasteiger partial charge < -0.3 is 9.47 Å². The van der Waals surface area contributed by atoms with Gasteiger partial charge in [0.25, 0.3) is 11.8 Å². The predicted molar refractivity (Wildman–Crippen MR) is 116 cm³/mol. The number of methoxy groups -OCH3 is 2. The van der Waals surface area contributed by atoms with Gasteiger partial charge in [0.05, 0.1) is 19.9 Å². The van der Waals surface area contributed by atoms with Crippen molar-refractivity contribution >= 4 is 40.9 Å². The lowest BCUT2D eigenvalue weighted by Gasteiger charge is -2.30. The average Bonchev–Trinajstić information content (AvgIpc) is 2.71. The van der Waals surface area contributed by atoms with Crippen LogP contribution in [-0.4, -0.2) is 31.1 Å². The zero-order chi connectivity index (χ0) is 21.1. The largest absolute Gasteiger partial charge is 0.493 e. The van der Waals surface area contributed by atoms with Crippen molar-refractivity contribution in [1.82, 2.24) is 5.32 Å². The first-order valence-electron chi connectivity index (χ1n) is 9.13. The molecule has 7 heteroatoms. The van der Waals surface area contributed by atoms with Gasteiger partial charge >= 0.3 is 0 Å². The molecule has 1 fully saturated rings. The van der Waals surface area contributed by atoms with E-state index in [0.29, 0.717) is 22.7 Å². The number of para-hydroxylation sites is 1. The summed E-state index contributed by atoms with van der Waals surface area (Å²) in [5.74, 6) is 0.0943. The Hall–Kier alpha value is -3.19. The molecule has 0 spiro atoms. The number of rotatable bonds is 5. The molecule has 1 saturated heterocycles. The zero-order valence-corrected chi connectivity index (χ0v) is 17.6. The van der Waals surface area contributed by atoms with Crippen LogP contribution in [0, 0.1) is 6.92 Å². The van der Waals surface area contributed by atoms with Gasteiger partial charge in [0.2, 0.25) is 0 Å². The fourth-order valence-electron chi connectivity index (χ4n) is 3.21. The number of amides is 2. The molecule has 3 rings (SSSR count). The Morgan fingerprint density at radius 2 is 1.76 bits per heavy atom. The second-order valence-corrected chi connectivity index (χ2v) is 6.89. The maximum absolute atomic E-state index is 13.3. The molecule has 1 N–H and O–H groups in total. The molecule has 2 amide bonds. The van der Waals surface area contributed by atoms with Crippen LogP contribution in [0.15, 0.2) is 42.0 Å². The molecule has 1 heterocycles. The third-order valence-electron chi connectivity index (χ3n) is 4.79. The summed E-state index contributed by atoms with van der Waals surface area (Å²) in [4.78, 5) is 27.2. The van der Waals surface area contributed by atoms with Gasteiger partial charge in [0, 0.05) is 0 Å². The van der Waals surface area contributed by atoms with Crippen molar-refractivity contribution in [2.75, 3.05) is 19.1 Å². The molecule has 0 unspecified atom stereocenters. The number of carbonyl (C=O) groups excluding carboxylic acids is 2. The van der Waals surface area contributed by atoms with Crippen molar-refractivity contribution in [2.24, 2.45) is 0 Å². The van der Waals surface area contributed by atoms with Crippen molar-refractivity contribution in [1.29, 1.82) is 0 Å². The van der Waals surface area contributed by atoms with Gasteiger partial charge in [-0.25, -0.2) is 0 Å². The van der Waals surface area contributed by atoms with Crippen LogP contribution in [0.3, 0.4) is 0 Å². The van der Waals surface area contributed by atoms with Gasteiger partial charge in [-0.3, -0.25) is 19.8 Å². The highest BCUT2D eigenvalue weighted by Crippen LogP contribution is 2.32. The maximum Gasteiger partial charge on any atom is 0.270 e. The Labute approximate surface area is 175 Å². The van der Waals surface area contributed by atoms with E-state index in [1.165, 1.54) is 12.0 Å². The summed E-state index contributed by atoms with van der Waals surface area (Å²) in [7, 11) is 3.09. The number of benzene rings is 2. The number of thiocarbonyl (C=S) groups is 1. The summed E-state index contributed by atoms with van der Waals surface area (Å²) in [6, 6.07) is 11.0. The Balaban J connectivity index is 2.09. The van der Waals surface area contributed by atoms with Crippen LogP contribution < -0.4 is 19.7 Å². The minimum atomic E-state index is -0.528. The number of aryl methyl sites for hydroxylation is 2. The Morgan fingerprint density at radius 1 is 1.10 bits per heavy atom. The van der Waals surface area contributed by atoms with Crippen LogP contribution in [0.4, 0.5) is 5.69 Å². The van der Waals surface area contributed by atoms with Gasteiger partial charge in [-0.05, 0) is 66.5 Å². The summed E-state index contributed by atoms with van der Waals surface area (Å²) >= 11 is 5.30. The van der Waals surface area contributed by atoms with Gasteiger partial charge in [-0.2, -0.15) is 0 Å². The van der Waals surface area contributed by atoms with E-state index in [0.717, 1.165) is 17.5 Å². The number of nitrogens with one attached hydrogen (secondary N) is 1. The Morgan fingerprint density at radius 3 is 2.41 bits per heavy atom. The van der Waals surface area contributed by atoms with E-state index in [-0.39, 0.29) is 10.7 Å². The van der Waals surface area contributed by atoms with Gasteiger partial charge in [-0.15, -0.1) is 0 Å². The second kappa shape index (κ2) is 8.45. The standard InChI is InChI=1S/C22H22N2O4S/c1-5-14-8-6-7-9-17(14)24-21(26)16(20(25)23-22(24)29)11-15-12-19(28-4)18(27-3)10-13(15)2/h6-12H,5H2,1-4H3,(H,23,25,29). The van der Waals surface area contributed by atoms with Crippen LogP contribution in [-0.2, 0) is 16.0 Å². The molecule has 29 heavy (non-hydrogen) atoms. The van der Waals surface area contributed by atoms with E-state index in [1.807, 2.05) is 38.1 Å². The molecular weight excluding hydrogens is 388 g/mol. The molecule has 0 aliphatic carbocycles. The summed E-state index contributed by atoms with van der Waals surface area (Å²) in [6.45, 7) is 3.87. The van der Waals surface area contributed by atoms with Crippen LogP contribution >= 0.6 is 12.2 Å². The van der Waals surface area contributed by atoms with E-state index in [1.54, 1.807) is 25.3 Å². The normalized spacial score (nSPS) is 15.5. The number of hydrogen-bond donors (Lipinski definition) is 1. The fourth-order valence-corrected chi connectivity index (χ4v) is 3.49. The molecule has 1 aliphatic heterocycles. The third-order valence-corrected chi connectivity index (χ3v) is 5.07. The molecule has 1 aliphatic rings. The second-order valence-electron chi connectivity index (χ2n) is 6.50. The van der Waals surface area contributed by atoms with E-state index in [2.05, 4.69) is 5.32 Å². The van der Waals surface area contributed by atoms with Crippen LogP contribution in [0.25, 0.3) is 6.08 Å². The zero-order valence-electron chi connectivity index (χ0n) is 16.7. The Bertz CT molecular complexity index is 1030. The molecule has 6 nitrogen and oxygen atoms in total. The first kappa shape index (κ1) is 20.5. The highest BCUT2D eigenvalue weighted by Gasteiger charge is 2.35. The lowest BCUT2D eigenvalue weighted by Crippen LogP contribution is -2.54. The molecule has 2 aromatic carbocycles. The molecule has 0 aromatic heterocycles.